The van der Waals surface area contributed by atoms with E-state index in [0.717, 1.165) is 36.1 Å². The van der Waals surface area contributed by atoms with Gasteiger partial charge in [0.05, 0.1) is 5.92 Å². The minimum atomic E-state index is 0.0681. The maximum Gasteiger partial charge on any atom is 0.253 e. The largest absolute Gasteiger partial charge is 0.339 e. The predicted molar refractivity (Wildman–Crippen MR) is 117 cm³/mol. The first-order valence-corrected chi connectivity index (χ1v) is 10.6. The van der Waals surface area contributed by atoms with Gasteiger partial charge >= 0.3 is 0 Å². The first-order valence-electron chi connectivity index (χ1n) is 10.6. The average molecular weight is 404 g/mol. The lowest BCUT2D eigenvalue weighted by molar-refractivity contribution is 0.0695. The maximum atomic E-state index is 13.1. The van der Waals surface area contributed by atoms with Crippen molar-refractivity contribution in [1.82, 2.24) is 15.0 Å². The molecular formula is C25H29N3O2. The number of amides is 1. The Hall–Kier alpha value is -2.95. The lowest BCUT2D eigenvalue weighted by Crippen LogP contribution is -2.39. The fraction of sp³-hybridized carbons (Fsp3) is 0.400. The van der Waals surface area contributed by atoms with Crippen molar-refractivity contribution in [3.63, 3.8) is 0 Å². The van der Waals surface area contributed by atoms with E-state index in [9.17, 15) is 4.79 Å². The molecule has 2 heterocycles. The third-order valence-corrected chi connectivity index (χ3v) is 5.77. The Morgan fingerprint density at radius 1 is 1.13 bits per heavy atom. The second-order valence-electron chi connectivity index (χ2n) is 9.24. The Labute approximate surface area is 178 Å². The number of likely N-dealkylation sites (tertiary alicyclic amines) is 1. The van der Waals surface area contributed by atoms with Gasteiger partial charge in [0.1, 0.15) is 0 Å². The molecule has 1 saturated heterocycles. The van der Waals surface area contributed by atoms with E-state index < -0.39 is 0 Å². The van der Waals surface area contributed by atoms with Crippen LogP contribution < -0.4 is 0 Å². The third kappa shape index (κ3) is 4.30. The molecule has 0 radical (unpaired) electrons. The van der Waals surface area contributed by atoms with Gasteiger partial charge in [0, 0.05) is 24.2 Å². The van der Waals surface area contributed by atoms with Crippen molar-refractivity contribution < 1.29 is 9.32 Å². The molecule has 1 aromatic heterocycles. The Bertz CT molecular complexity index is 1030. The zero-order chi connectivity index (χ0) is 21.3. The molecule has 1 fully saturated rings. The standard InChI is InChI=1S/C25H29N3O2/c1-17-7-5-8-19(15-17)22-26-23(30-27-22)20-9-6-14-28(16-20)24(29)18-10-12-21(13-11-18)25(2,3)4/h5,7-8,10-13,15,20H,6,9,14,16H2,1-4H3. The highest BCUT2D eigenvalue weighted by molar-refractivity contribution is 5.94. The van der Waals surface area contributed by atoms with Crippen LogP contribution in [0.5, 0.6) is 0 Å². The quantitative estimate of drug-likeness (QED) is 0.590. The molecule has 5 nitrogen and oxygen atoms in total. The normalized spacial score (nSPS) is 17.2. The highest BCUT2D eigenvalue weighted by Gasteiger charge is 2.29. The van der Waals surface area contributed by atoms with Gasteiger partial charge in [0.2, 0.25) is 11.7 Å². The highest BCUT2D eigenvalue weighted by Crippen LogP contribution is 2.29. The predicted octanol–water partition coefficient (Wildman–Crippen LogP) is 5.36. The van der Waals surface area contributed by atoms with Gasteiger partial charge in [-0.3, -0.25) is 4.79 Å². The molecule has 0 saturated carbocycles. The summed E-state index contributed by atoms with van der Waals surface area (Å²) in [7, 11) is 0. The Morgan fingerprint density at radius 3 is 2.60 bits per heavy atom. The molecule has 1 aliphatic rings. The number of rotatable bonds is 3. The van der Waals surface area contributed by atoms with Crippen LogP contribution in [0.4, 0.5) is 0 Å². The summed E-state index contributed by atoms with van der Waals surface area (Å²) < 4.78 is 5.59. The number of hydrogen-bond acceptors (Lipinski definition) is 4. The van der Waals surface area contributed by atoms with Crippen LogP contribution in [0.1, 0.15) is 66.9 Å². The summed E-state index contributed by atoms with van der Waals surface area (Å²) in [5.41, 5.74) is 4.14. The van der Waals surface area contributed by atoms with Gasteiger partial charge in [-0.2, -0.15) is 4.98 Å². The van der Waals surface area contributed by atoms with Gasteiger partial charge in [-0.25, -0.2) is 0 Å². The number of benzene rings is 2. The summed E-state index contributed by atoms with van der Waals surface area (Å²) in [6.07, 6.45) is 1.88. The van der Waals surface area contributed by atoms with Gasteiger partial charge in [-0.15, -0.1) is 0 Å². The van der Waals surface area contributed by atoms with Gasteiger partial charge < -0.3 is 9.42 Å². The number of aryl methyl sites for hydroxylation is 1. The average Bonchev–Trinajstić information content (AvgIpc) is 3.23. The summed E-state index contributed by atoms with van der Waals surface area (Å²) in [4.78, 5) is 19.6. The molecule has 0 bridgehead atoms. The van der Waals surface area contributed by atoms with Crippen LogP contribution >= 0.6 is 0 Å². The van der Waals surface area contributed by atoms with Gasteiger partial charge in [-0.1, -0.05) is 61.8 Å². The van der Waals surface area contributed by atoms with E-state index in [4.69, 9.17) is 4.52 Å². The van der Waals surface area contributed by atoms with E-state index >= 15 is 0 Å². The van der Waals surface area contributed by atoms with Crippen LogP contribution in [-0.4, -0.2) is 34.0 Å². The molecule has 1 amide bonds. The van der Waals surface area contributed by atoms with Crippen LogP contribution in [0, 0.1) is 6.92 Å². The summed E-state index contributed by atoms with van der Waals surface area (Å²) in [5.74, 6) is 1.36. The smallest absolute Gasteiger partial charge is 0.253 e. The monoisotopic (exact) mass is 403 g/mol. The molecule has 2 aromatic carbocycles. The number of carbonyl (C=O) groups excluding carboxylic acids is 1. The zero-order valence-corrected chi connectivity index (χ0v) is 18.2. The lowest BCUT2D eigenvalue weighted by Gasteiger charge is -2.31. The highest BCUT2D eigenvalue weighted by atomic mass is 16.5. The summed E-state index contributed by atoms with van der Waals surface area (Å²) in [6, 6.07) is 16.1. The Kier molecular flexibility index (Phi) is 5.46. The van der Waals surface area contributed by atoms with Gasteiger partial charge in [-0.05, 0) is 48.9 Å². The third-order valence-electron chi connectivity index (χ3n) is 5.77. The van der Waals surface area contributed by atoms with Crippen molar-refractivity contribution in [2.24, 2.45) is 0 Å². The molecular weight excluding hydrogens is 374 g/mol. The number of carbonyl (C=O) groups is 1. The maximum absolute atomic E-state index is 13.1. The van der Waals surface area contributed by atoms with Gasteiger partial charge in [0.25, 0.3) is 5.91 Å². The molecule has 1 unspecified atom stereocenters. The minimum absolute atomic E-state index is 0.0681. The lowest BCUT2D eigenvalue weighted by atomic mass is 9.86. The summed E-state index contributed by atoms with van der Waals surface area (Å²) in [6.45, 7) is 9.94. The van der Waals surface area contributed by atoms with E-state index in [1.807, 2.05) is 48.2 Å². The first-order chi connectivity index (χ1) is 14.3. The summed E-state index contributed by atoms with van der Waals surface area (Å²) >= 11 is 0. The number of piperidine rings is 1. The van der Waals surface area contributed by atoms with Crippen molar-refractivity contribution in [2.75, 3.05) is 13.1 Å². The number of hydrogen-bond donors (Lipinski definition) is 0. The molecule has 0 spiro atoms. The zero-order valence-electron chi connectivity index (χ0n) is 18.2. The molecule has 0 N–H and O–H groups in total. The molecule has 4 rings (SSSR count). The Balaban J connectivity index is 1.48. The number of aromatic nitrogens is 2. The number of nitrogens with zero attached hydrogens (tertiary/aromatic N) is 3. The minimum Gasteiger partial charge on any atom is -0.339 e. The van der Waals surface area contributed by atoms with Crippen molar-refractivity contribution >= 4 is 5.91 Å². The molecule has 156 valence electrons. The molecule has 1 aliphatic heterocycles. The molecule has 0 aliphatic carbocycles. The van der Waals surface area contributed by atoms with Crippen molar-refractivity contribution in [1.29, 1.82) is 0 Å². The van der Waals surface area contributed by atoms with Crippen LogP contribution in [0.3, 0.4) is 0 Å². The van der Waals surface area contributed by atoms with Crippen LogP contribution in [0.2, 0.25) is 0 Å². The first kappa shape index (κ1) is 20.3. The topological polar surface area (TPSA) is 59.2 Å². The fourth-order valence-electron chi connectivity index (χ4n) is 3.96. The fourth-order valence-corrected chi connectivity index (χ4v) is 3.96. The second-order valence-corrected chi connectivity index (χ2v) is 9.24. The van der Waals surface area contributed by atoms with Crippen LogP contribution in [0.25, 0.3) is 11.4 Å². The van der Waals surface area contributed by atoms with E-state index in [2.05, 4.69) is 43.0 Å². The van der Waals surface area contributed by atoms with E-state index in [1.165, 1.54) is 5.56 Å². The van der Waals surface area contributed by atoms with E-state index in [-0.39, 0.29) is 17.2 Å². The van der Waals surface area contributed by atoms with E-state index in [1.54, 1.807) is 0 Å². The van der Waals surface area contributed by atoms with Crippen molar-refractivity contribution in [3.05, 3.63) is 71.1 Å². The SMILES string of the molecule is Cc1cccc(-c2noc(C3CCCN(C(=O)c4ccc(C(C)(C)C)cc4)C3)n2)c1. The van der Waals surface area contributed by atoms with Crippen molar-refractivity contribution in [3.8, 4) is 11.4 Å². The van der Waals surface area contributed by atoms with E-state index in [0.29, 0.717) is 18.3 Å². The summed E-state index contributed by atoms with van der Waals surface area (Å²) in [5, 5.41) is 4.17. The van der Waals surface area contributed by atoms with Gasteiger partial charge in [0.15, 0.2) is 0 Å². The van der Waals surface area contributed by atoms with Crippen molar-refractivity contribution in [2.45, 2.75) is 51.9 Å². The molecule has 30 heavy (non-hydrogen) atoms. The molecule has 3 aromatic rings. The second kappa shape index (κ2) is 8.05. The molecule has 5 heteroatoms. The van der Waals surface area contributed by atoms with Crippen LogP contribution in [0.15, 0.2) is 53.1 Å². The van der Waals surface area contributed by atoms with Crippen LogP contribution in [-0.2, 0) is 5.41 Å². The Morgan fingerprint density at radius 2 is 1.90 bits per heavy atom. The molecule has 1 atom stereocenters.